The molecule has 0 saturated carbocycles. The number of hydrogen-bond acceptors (Lipinski definition) is 3. The van der Waals surface area contributed by atoms with E-state index in [9.17, 15) is 0 Å². The van der Waals surface area contributed by atoms with Gasteiger partial charge < -0.3 is 5.32 Å². The van der Waals surface area contributed by atoms with Crippen molar-refractivity contribution in [3.63, 3.8) is 0 Å². The molecule has 1 N–H and O–H groups in total. The van der Waals surface area contributed by atoms with E-state index in [1.807, 2.05) is 19.3 Å². The van der Waals surface area contributed by atoms with Crippen LogP contribution in [0.25, 0.3) is 0 Å². The summed E-state index contributed by atoms with van der Waals surface area (Å²) in [6.45, 7) is 6.73. The highest BCUT2D eigenvalue weighted by Gasteiger charge is 2.21. The first-order valence-electron chi connectivity index (χ1n) is 6.07. The SMILES string of the molecule is CNCC1CCN(Cc2cccnc2C)C1.Cl. The summed E-state index contributed by atoms with van der Waals surface area (Å²) in [7, 11) is 2.04. The highest BCUT2D eigenvalue weighted by molar-refractivity contribution is 5.85. The van der Waals surface area contributed by atoms with Crippen molar-refractivity contribution in [3.8, 4) is 0 Å². The molecule has 3 nitrogen and oxygen atoms in total. The third-order valence-electron chi connectivity index (χ3n) is 3.37. The molecule has 17 heavy (non-hydrogen) atoms. The smallest absolute Gasteiger partial charge is 0.0417 e. The topological polar surface area (TPSA) is 28.2 Å². The van der Waals surface area contributed by atoms with Crippen molar-refractivity contribution >= 4 is 12.4 Å². The van der Waals surface area contributed by atoms with E-state index in [0.717, 1.165) is 19.0 Å². The van der Waals surface area contributed by atoms with Gasteiger partial charge in [0.2, 0.25) is 0 Å². The molecule has 0 radical (unpaired) electrons. The molecule has 2 rings (SSSR count). The Bertz CT molecular complexity index is 343. The van der Waals surface area contributed by atoms with Gasteiger partial charge in [0, 0.05) is 25.0 Å². The average Bonchev–Trinajstić information content (AvgIpc) is 2.70. The van der Waals surface area contributed by atoms with Crippen LogP contribution >= 0.6 is 12.4 Å². The van der Waals surface area contributed by atoms with Crippen molar-refractivity contribution in [1.82, 2.24) is 15.2 Å². The van der Waals surface area contributed by atoms with Gasteiger partial charge in [-0.1, -0.05) is 6.07 Å². The Balaban J connectivity index is 0.00000144. The molecule has 1 aliphatic heterocycles. The molecule has 1 aromatic heterocycles. The lowest BCUT2D eigenvalue weighted by molar-refractivity contribution is 0.314. The van der Waals surface area contributed by atoms with E-state index in [4.69, 9.17) is 0 Å². The Kier molecular flexibility index (Phi) is 5.89. The van der Waals surface area contributed by atoms with Crippen molar-refractivity contribution < 1.29 is 0 Å². The lowest BCUT2D eigenvalue weighted by Crippen LogP contribution is -2.24. The number of nitrogens with zero attached hydrogens (tertiary/aromatic N) is 2. The molecular formula is C13H22ClN3. The molecule has 0 aromatic carbocycles. The normalized spacial score (nSPS) is 20.2. The summed E-state index contributed by atoms with van der Waals surface area (Å²) >= 11 is 0. The number of hydrogen-bond donors (Lipinski definition) is 1. The van der Waals surface area contributed by atoms with Crippen LogP contribution in [0.1, 0.15) is 17.7 Å². The van der Waals surface area contributed by atoms with Gasteiger partial charge in [-0.25, -0.2) is 0 Å². The first-order chi connectivity index (χ1) is 7.79. The molecule has 1 atom stereocenters. The molecule has 1 fully saturated rings. The molecule has 0 aliphatic carbocycles. The number of nitrogens with one attached hydrogen (secondary N) is 1. The van der Waals surface area contributed by atoms with E-state index >= 15 is 0 Å². The number of aromatic nitrogens is 1. The molecule has 0 amide bonds. The van der Waals surface area contributed by atoms with Crippen LogP contribution in [0.15, 0.2) is 18.3 Å². The molecular weight excluding hydrogens is 234 g/mol. The fraction of sp³-hybridized carbons (Fsp3) is 0.615. The first-order valence-corrected chi connectivity index (χ1v) is 6.07. The van der Waals surface area contributed by atoms with Crippen molar-refractivity contribution in [2.75, 3.05) is 26.7 Å². The van der Waals surface area contributed by atoms with Crippen molar-refractivity contribution in [1.29, 1.82) is 0 Å². The second-order valence-electron chi connectivity index (χ2n) is 4.70. The van der Waals surface area contributed by atoms with Gasteiger partial charge in [0.1, 0.15) is 0 Å². The van der Waals surface area contributed by atoms with Crippen LogP contribution < -0.4 is 5.32 Å². The van der Waals surface area contributed by atoms with Gasteiger partial charge in [0.05, 0.1) is 0 Å². The summed E-state index contributed by atoms with van der Waals surface area (Å²) in [5.74, 6) is 0.821. The third-order valence-corrected chi connectivity index (χ3v) is 3.37. The summed E-state index contributed by atoms with van der Waals surface area (Å²) in [6.07, 6.45) is 3.19. The molecule has 2 heterocycles. The summed E-state index contributed by atoms with van der Waals surface area (Å²) in [5.41, 5.74) is 2.53. The molecule has 1 unspecified atom stereocenters. The van der Waals surface area contributed by atoms with Crippen molar-refractivity contribution in [3.05, 3.63) is 29.6 Å². The Morgan fingerprint density at radius 1 is 1.53 bits per heavy atom. The minimum absolute atomic E-state index is 0. The molecule has 1 aliphatic rings. The van der Waals surface area contributed by atoms with Gasteiger partial charge in [0.25, 0.3) is 0 Å². The monoisotopic (exact) mass is 255 g/mol. The van der Waals surface area contributed by atoms with Gasteiger partial charge in [-0.05, 0) is 51.0 Å². The number of aryl methyl sites for hydroxylation is 1. The van der Waals surface area contributed by atoms with Crippen LogP contribution in [0.4, 0.5) is 0 Å². The highest BCUT2D eigenvalue weighted by atomic mass is 35.5. The second kappa shape index (κ2) is 6.94. The largest absolute Gasteiger partial charge is 0.319 e. The van der Waals surface area contributed by atoms with Crippen LogP contribution in [0.3, 0.4) is 0 Å². The maximum Gasteiger partial charge on any atom is 0.0417 e. The van der Waals surface area contributed by atoms with Crippen LogP contribution in [0, 0.1) is 12.8 Å². The Morgan fingerprint density at radius 2 is 2.35 bits per heavy atom. The highest BCUT2D eigenvalue weighted by Crippen LogP contribution is 2.18. The molecule has 4 heteroatoms. The third kappa shape index (κ3) is 3.95. The predicted molar refractivity (Wildman–Crippen MR) is 73.5 cm³/mol. The lowest BCUT2D eigenvalue weighted by Gasteiger charge is -2.16. The zero-order valence-corrected chi connectivity index (χ0v) is 11.5. The fourth-order valence-electron chi connectivity index (χ4n) is 2.44. The fourth-order valence-corrected chi connectivity index (χ4v) is 2.44. The number of likely N-dealkylation sites (tertiary alicyclic amines) is 1. The lowest BCUT2D eigenvalue weighted by atomic mass is 10.1. The molecule has 1 saturated heterocycles. The summed E-state index contributed by atoms with van der Waals surface area (Å²) in [6, 6.07) is 4.22. The van der Waals surface area contributed by atoms with Crippen LogP contribution in [-0.4, -0.2) is 36.6 Å². The summed E-state index contributed by atoms with van der Waals surface area (Å²) < 4.78 is 0. The number of rotatable bonds is 4. The first kappa shape index (κ1) is 14.4. The maximum atomic E-state index is 4.34. The van der Waals surface area contributed by atoms with Crippen molar-refractivity contribution in [2.45, 2.75) is 19.9 Å². The van der Waals surface area contributed by atoms with Crippen LogP contribution in [0.5, 0.6) is 0 Å². The quantitative estimate of drug-likeness (QED) is 0.890. The van der Waals surface area contributed by atoms with Gasteiger partial charge in [-0.15, -0.1) is 12.4 Å². The Hall–Kier alpha value is -0.640. The molecule has 0 spiro atoms. The summed E-state index contributed by atoms with van der Waals surface area (Å²) in [5, 5.41) is 3.27. The van der Waals surface area contributed by atoms with Gasteiger partial charge in [-0.2, -0.15) is 0 Å². The predicted octanol–water partition coefficient (Wildman–Crippen LogP) is 1.85. The standard InChI is InChI=1S/C13H21N3.ClH/c1-11-13(4-3-6-15-11)10-16-7-5-12(9-16)8-14-2;/h3-4,6,12,14H,5,7-10H2,1-2H3;1H. The minimum atomic E-state index is 0. The van der Waals surface area contributed by atoms with E-state index in [2.05, 4.69) is 28.2 Å². The molecule has 96 valence electrons. The van der Waals surface area contributed by atoms with Crippen LogP contribution in [-0.2, 0) is 6.54 Å². The maximum absolute atomic E-state index is 4.34. The molecule has 1 aromatic rings. The number of pyridine rings is 1. The summed E-state index contributed by atoms with van der Waals surface area (Å²) in [4.78, 5) is 6.87. The Labute approximate surface area is 110 Å². The second-order valence-corrected chi connectivity index (χ2v) is 4.70. The van der Waals surface area contributed by atoms with E-state index < -0.39 is 0 Å². The van der Waals surface area contributed by atoms with Gasteiger partial charge >= 0.3 is 0 Å². The zero-order valence-electron chi connectivity index (χ0n) is 10.6. The van der Waals surface area contributed by atoms with Gasteiger partial charge in [-0.3, -0.25) is 9.88 Å². The Morgan fingerprint density at radius 3 is 3.06 bits per heavy atom. The van der Waals surface area contributed by atoms with Gasteiger partial charge in [0.15, 0.2) is 0 Å². The van der Waals surface area contributed by atoms with Crippen molar-refractivity contribution in [2.24, 2.45) is 5.92 Å². The van der Waals surface area contributed by atoms with E-state index in [1.54, 1.807) is 0 Å². The minimum Gasteiger partial charge on any atom is -0.319 e. The van der Waals surface area contributed by atoms with Crippen LogP contribution in [0.2, 0.25) is 0 Å². The number of halogens is 1. The zero-order chi connectivity index (χ0) is 11.4. The van der Waals surface area contributed by atoms with E-state index in [1.165, 1.54) is 30.8 Å². The van der Waals surface area contributed by atoms with E-state index in [0.29, 0.717) is 0 Å². The van der Waals surface area contributed by atoms with E-state index in [-0.39, 0.29) is 12.4 Å². The average molecular weight is 256 g/mol. The molecule has 0 bridgehead atoms.